The Hall–Kier alpha value is -3.91. The van der Waals surface area contributed by atoms with Gasteiger partial charge in [0, 0.05) is 28.4 Å². The maximum Gasteiger partial charge on any atom is 0.311 e. The van der Waals surface area contributed by atoms with E-state index in [0.29, 0.717) is 22.0 Å². The third kappa shape index (κ3) is 5.48. The number of amides is 1. The summed E-state index contributed by atoms with van der Waals surface area (Å²) >= 11 is 6.02. The maximum atomic E-state index is 12.7. The minimum Gasteiger partial charge on any atom is -0.452 e. The second-order valence-electron chi connectivity index (χ2n) is 7.42. The number of hydrogen-bond donors (Lipinski definition) is 1. The van der Waals surface area contributed by atoms with Crippen LogP contribution in [0.3, 0.4) is 0 Å². The predicted molar refractivity (Wildman–Crippen MR) is 123 cm³/mol. The molecule has 0 saturated carbocycles. The van der Waals surface area contributed by atoms with E-state index in [1.54, 1.807) is 36.0 Å². The van der Waals surface area contributed by atoms with E-state index in [1.807, 2.05) is 42.5 Å². The molecule has 0 saturated heterocycles. The van der Waals surface area contributed by atoms with Crippen LogP contribution in [0, 0.1) is 6.92 Å². The number of rotatable bonds is 7. The van der Waals surface area contributed by atoms with Crippen LogP contribution in [0.15, 0.2) is 71.4 Å². The number of carbonyl (C=O) groups excluding carboxylic acids is 2. The molecular formula is C24H21ClN4O4. The molecule has 0 aliphatic rings. The number of carbonyl (C=O) groups is 2. The summed E-state index contributed by atoms with van der Waals surface area (Å²) in [5.74, 6) is -0.888. The predicted octanol–water partition coefficient (Wildman–Crippen LogP) is 4.60. The third-order valence-electron chi connectivity index (χ3n) is 4.82. The van der Waals surface area contributed by atoms with E-state index < -0.39 is 18.0 Å². The molecule has 4 rings (SSSR count). The lowest BCUT2D eigenvalue weighted by molar-refractivity contribution is -0.152. The summed E-state index contributed by atoms with van der Waals surface area (Å²) in [5.41, 5.74) is 3.57. The molecule has 2 heterocycles. The summed E-state index contributed by atoms with van der Waals surface area (Å²) < 4.78 is 12.0. The molecule has 0 aliphatic carbocycles. The molecule has 1 N–H and O–H groups in total. The van der Waals surface area contributed by atoms with Gasteiger partial charge in [0.2, 0.25) is 5.88 Å². The molecule has 0 aliphatic heterocycles. The van der Waals surface area contributed by atoms with Crippen molar-refractivity contribution in [1.29, 1.82) is 0 Å². The van der Waals surface area contributed by atoms with Crippen molar-refractivity contribution in [3.05, 3.63) is 83.1 Å². The summed E-state index contributed by atoms with van der Waals surface area (Å²) in [6.07, 6.45) is 0.693. The van der Waals surface area contributed by atoms with Gasteiger partial charge in [0.15, 0.2) is 6.10 Å². The summed E-state index contributed by atoms with van der Waals surface area (Å²) in [5, 5.41) is 11.5. The molecule has 2 aromatic carbocycles. The van der Waals surface area contributed by atoms with Gasteiger partial charge >= 0.3 is 5.97 Å². The van der Waals surface area contributed by atoms with E-state index in [2.05, 4.69) is 15.6 Å². The first-order valence-corrected chi connectivity index (χ1v) is 10.6. The number of halogens is 1. The molecule has 0 fully saturated rings. The number of nitrogens with zero attached hydrogens (tertiary/aromatic N) is 3. The van der Waals surface area contributed by atoms with Crippen molar-refractivity contribution in [2.75, 3.05) is 5.32 Å². The van der Waals surface area contributed by atoms with Crippen LogP contribution in [-0.2, 0) is 20.7 Å². The lowest BCUT2D eigenvalue weighted by atomic mass is 10.1. The zero-order chi connectivity index (χ0) is 23.4. The fraction of sp³-hybridized carbons (Fsp3) is 0.167. The quantitative estimate of drug-likeness (QED) is 0.401. The Morgan fingerprint density at radius 3 is 2.55 bits per heavy atom. The summed E-state index contributed by atoms with van der Waals surface area (Å²) in [6.45, 7) is 3.22. The molecule has 9 heteroatoms. The first-order chi connectivity index (χ1) is 15.9. The zero-order valence-electron chi connectivity index (χ0n) is 18.0. The molecular weight excluding hydrogens is 444 g/mol. The number of para-hydroxylation sites is 1. The van der Waals surface area contributed by atoms with E-state index >= 15 is 0 Å². The van der Waals surface area contributed by atoms with E-state index in [0.717, 1.165) is 11.3 Å². The molecule has 0 bridgehead atoms. The van der Waals surface area contributed by atoms with Crippen LogP contribution in [0.2, 0.25) is 5.02 Å². The van der Waals surface area contributed by atoms with Crippen LogP contribution in [0.5, 0.6) is 0 Å². The van der Waals surface area contributed by atoms with Crippen molar-refractivity contribution in [2.45, 2.75) is 26.4 Å². The zero-order valence-corrected chi connectivity index (χ0v) is 18.7. The smallest absolute Gasteiger partial charge is 0.311 e. The minimum atomic E-state index is -1.02. The van der Waals surface area contributed by atoms with Gasteiger partial charge in [-0.3, -0.25) is 14.9 Å². The molecule has 1 atom stereocenters. The van der Waals surface area contributed by atoms with E-state index in [9.17, 15) is 9.59 Å². The van der Waals surface area contributed by atoms with E-state index in [-0.39, 0.29) is 12.3 Å². The highest BCUT2D eigenvalue weighted by molar-refractivity contribution is 6.30. The Morgan fingerprint density at radius 1 is 1.15 bits per heavy atom. The van der Waals surface area contributed by atoms with Crippen molar-refractivity contribution in [2.24, 2.45) is 0 Å². The summed E-state index contributed by atoms with van der Waals surface area (Å²) in [7, 11) is 0. The van der Waals surface area contributed by atoms with Gasteiger partial charge in [0.1, 0.15) is 0 Å². The van der Waals surface area contributed by atoms with Crippen LogP contribution in [-0.4, -0.2) is 32.9 Å². The van der Waals surface area contributed by atoms with Gasteiger partial charge in [0.25, 0.3) is 5.91 Å². The number of benzene rings is 2. The van der Waals surface area contributed by atoms with Gasteiger partial charge in [-0.1, -0.05) is 47.1 Å². The molecule has 1 amide bonds. The fourth-order valence-corrected chi connectivity index (χ4v) is 3.32. The van der Waals surface area contributed by atoms with Crippen molar-refractivity contribution in [3.63, 3.8) is 0 Å². The Bertz CT molecular complexity index is 1270. The number of nitrogens with one attached hydrogen (secondary N) is 1. The van der Waals surface area contributed by atoms with Crippen molar-refractivity contribution in [3.8, 4) is 16.9 Å². The molecule has 168 valence electrons. The van der Waals surface area contributed by atoms with Crippen molar-refractivity contribution < 1.29 is 18.8 Å². The second kappa shape index (κ2) is 9.70. The third-order valence-corrected chi connectivity index (χ3v) is 5.07. The first-order valence-electron chi connectivity index (χ1n) is 10.2. The molecule has 2 aromatic heterocycles. The van der Waals surface area contributed by atoms with Crippen LogP contribution < -0.4 is 5.32 Å². The Morgan fingerprint density at radius 2 is 1.88 bits per heavy atom. The Balaban J connectivity index is 1.52. The highest BCUT2D eigenvalue weighted by Crippen LogP contribution is 2.26. The number of hydrogen-bond acceptors (Lipinski definition) is 6. The number of aromatic nitrogens is 3. The number of anilines is 1. The van der Waals surface area contributed by atoms with Crippen LogP contribution in [0.4, 0.5) is 5.88 Å². The summed E-state index contributed by atoms with van der Waals surface area (Å²) in [4.78, 5) is 25.0. The van der Waals surface area contributed by atoms with Gasteiger partial charge in [-0.05, 0) is 38.1 Å². The first kappa shape index (κ1) is 22.3. The molecule has 1 unspecified atom stereocenters. The van der Waals surface area contributed by atoms with Gasteiger partial charge < -0.3 is 9.26 Å². The van der Waals surface area contributed by atoms with Gasteiger partial charge in [-0.25, -0.2) is 4.68 Å². The number of esters is 1. The highest BCUT2D eigenvalue weighted by atomic mass is 35.5. The lowest BCUT2D eigenvalue weighted by Crippen LogP contribution is -2.30. The monoisotopic (exact) mass is 464 g/mol. The normalized spacial score (nSPS) is 11.7. The molecule has 8 nitrogen and oxygen atoms in total. The topological polar surface area (TPSA) is 99.2 Å². The van der Waals surface area contributed by atoms with Gasteiger partial charge in [0.05, 0.1) is 23.5 Å². The van der Waals surface area contributed by atoms with Crippen LogP contribution >= 0.6 is 11.6 Å². The molecule has 0 spiro atoms. The molecule has 0 radical (unpaired) electrons. The maximum absolute atomic E-state index is 12.7. The van der Waals surface area contributed by atoms with Crippen LogP contribution in [0.1, 0.15) is 18.2 Å². The van der Waals surface area contributed by atoms with Gasteiger partial charge in [-0.15, -0.1) is 0 Å². The second-order valence-corrected chi connectivity index (χ2v) is 7.86. The number of aryl methyl sites for hydroxylation is 1. The molecule has 4 aromatic rings. The SMILES string of the molecule is Cc1cc(NC(=O)C(C)OC(=O)Cc2cn(-c3ccccc3)nc2-c2ccc(Cl)cc2)on1. The van der Waals surface area contributed by atoms with E-state index in [4.69, 9.17) is 20.9 Å². The average Bonchev–Trinajstić information content (AvgIpc) is 3.40. The summed E-state index contributed by atoms with van der Waals surface area (Å²) in [6, 6.07) is 18.3. The average molecular weight is 465 g/mol. The fourth-order valence-electron chi connectivity index (χ4n) is 3.20. The Labute approximate surface area is 195 Å². The van der Waals surface area contributed by atoms with Crippen molar-refractivity contribution >= 4 is 29.4 Å². The number of ether oxygens (including phenoxy) is 1. The Kier molecular flexibility index (Phi) is 6.55. The van der Waals surface area contributed by atoms with Crippen LogP contribution in [0.25, 0.3) is 16.9 Å². The lowest BCUT2D eigenvalue weighted by Gasteiger charge is -2.12. The minimum absolute atomic E-state index is 0.0656. The molecule has 33 heavy (non-hydrogen) atoms. The largest absolute Gasteiger partial charge is 0.452 e. The van der Waals surface area contributed by atoms with E-state index in [1.165, 1.54) is 6.92 Å². The highest BCUT2D eigenvalue weighted by Gasteiger charge is 2.22. The van der Waals surface area contributed by atoms with Gasteiger partial charge in [-0.2, -0.15) is 5.10 Å². The van der Waals surface area contributed by atoms with Crippen molar-refractivity contribution in [1.82, 2.24) is 14.9 Å². The standard InChI is InChI=1S/C24H21ClN4O4/c1-15-12-21(33-28-15)26-24(31)16(2)32-22(30)13-18-14-29(20-6-4-3-5-7-20)27-23(18)17-8-10-19(25)11-9-17/h3-12,14,16H,13H2,1-2H3,(H,26,31).